The molecule has 0 aliphatic rings. The summed E-state index contributed by atoms with van der Waals surface area (Å²) in [6.45, 7) is -3.03. The van der Waals surface area contributed by atoms with Gasteiger partial charge < -0.3 is 5.11 Å². The maximum Gasteiger partial charge on any atom is 0.424 e. The Bertz CT molecular complexity index is 216. The van der Waals surface area contributed by atoms with Gasteiger partial charge in [-0.25, -0.2) is 4.57 Å². The number of rotatable bonds is 5. The molecule has 0 aromatic heterocycles. The van der Waals surface area contributed by atoms with Crippen LogP contribution in [0.1, 0.15) is 6.92 Å². The van der Waals surface area contributed by atoms with Crippen molar-refractivity contribution in [2.24, 2.45) is 0 Å². The number of hydrogen-bond acceptors (Lipinski definition) is 4. The van der Waals surface area contributed by atoms with E-state index in [9.17, 15) is 4.57 Å². The van der Waals surface area contributed by atoms with E-state index in [4.69, 9.17) is 51.2 Å². The molecule has 0 heterocycles. The van der Waals surface area contributed by atoms with Crippen molar-refractivity contribution >= 4 is 53.0 Å². The SMILES string of the molecule is CC(O)COP(=O)(Cl)OCC(Cl)(Cl)Cl. The summed E-state index contributed by atoms with van der Waals surface area (Å²) in [4.78, 5) is 0. The van der Waals surface area contributed by atoms with Crippen LogP contribution in [0.15, 0.2) is 0 Å². The molecule has 14 heavy (non-hydrogen) atoms. The van der Waals surface area contributed by atoms with E-state index in [1.54, 1.807) is 0 Å². The predicted molar refractivity (Wildman–Crippen MR) is 57.3 cm³/mol. The minimum Gasteiger partial charge on any atom is -0.391 e. The highest BCUT2D eigenvalue weighted by Crippen LogP contribution is 2.54. The van der Waals surface area contributed by atoms with Crippen LogP contribution in [0.25, 0.3) is 0 Å². The van der Waals surface area contributed by atoms with Crippen LogP contribution < -0.4 is 0 Å². The van der Waals surface area contributed by atoms with Gasteiger partial charge >= 0.3 is 6.95 Å². The molecule has 0 saturated heterocycles. The highest BCUT2D eigenvalue weighted by molar-refractivity contribution is 7.81. The van der Waals surface area contributed by atoms with Crippen LogP contribution in [0, 0.1) is 0 Å². The van der Waals surface area contributed by atoms with Gasteiger partial charge in [0.05, 0.1) is 12.7 Å². The van der Waals surface area contributed by atoms with Gasteiger partial charge in [0.2, 0.25) is 3.79 Å². The van der Waals surface area contributed by atoms with Gasteiger partial charge in [0.25, 0.3) is 0 Å². The molecular formula is C5H9Cl4O4P. The van der Waals surface area contributed by atoms with Gasteiger partial charge in [-0.2, -0.15) is 0 Å². The monoisotopic (exact) mass is 304 g/mol. The number of alkyl halides is 3. The molecule has 0 rings (SSSR count). The van der Waals surface area contributed by atoms with Crippen molar-refractivity contribution in [1.29, 1.82) is 0 Å². The highest BCUT2D eigenvalue weighted by atomic mass is 35.7. The third-order valence-corrected chi connectivity index (χ3v) is 2.66. The second kappa shape index (κ2) is 6.12. The molecule has 9 heteroatoms. The fourth-order valence-electron chi connectivity index (χ4n) is 0.384. The first kappa shape index (κ1) is 15.3. The first-order valence-corrected chi connectivity index (χ1v) is 7.04. The summed E-state index contributed by atoms with van der Waals surface area (Å²) in [7, 11) is 0. The normalized spacial score (nSPS) is 19.0. The van der Waals surface area contributed by atoms with Crippen LogP contribution in [0.4, 0.5) is 0 Å². The zero-order chi connectivity index (χ0) is 11.4. The zero-order valence-electron chi connectivity index (χ0n) is 7.12. The third-order valence-electron chi connectivity index (χ3n) is 0.852. The van der Waals surface area contributed by atoms with Crippen LogP contribution >= 0.6 is 53.0 Å². The average Bonchev–Trinajstić information content (AvgIpc) is 1.97. The van der Waals surface area contributed by atoms with Crippen molar-refractivity contribution in [3.63, 3.8) is 0 Å². The molecule has 0 radical (unpaired) electrons. The van der Waals surface area contributed by atoms with E-state index >= 15 is 0 Å². The summed E-state index contributed by atoms with van der Waals surface area (Å²) < 4.78 is 18.6. The summed E-state index contributed by atoms with van der Waals surface area (Å²) in [5.41, 5.74) is 0. The molecule has 0 saturated carbocycles. The van der Waals surface area contributed by atoms with Gasteiger partial charge in [-0.05, 0) is 6.92 Å². The lowest BCUT2D eigenvalue weighted by Crippen LogP contribution is -2.13. The molecule has 86 valence electrons. The lowest BCUT2D eigenvalue weighted by Gasteiger charge is -2.15. The summed E-state index contributed by atoms with van der Waals surface area (Å²) in [5, 5.41) is 8.81. The Balaban J connectivity index is 3.90. The number of hydrogen-bond donors (Lipinski definition) is 1. The van der Waals surface area contributed by atoms with Crippen LogP contribution in [0.5, 0.6) is 0 Å². The Morgan fingerprint density at radius 2 is 1.93 bits per heavy atom. The standard InChI is InChI=1S/C5H9Cl4O4P/c1-4(10)2-12-14(9,11)13-3-5(6,7)8/h4,10H,2-3H2,1H3. The van der Waals surface area contributed by atoms with Gasteiger partial charge in [0, 0.05) is 11.2 Å². The van der Waals surface area contributed by atoms with E-state index in [0.29, 0.717) is 0 Å². The molecule has 0 aliphatic heterocycles. The maximum absolute atomic E-state index is 11.2. The quantitative estimate of drug-likeness (QED) is 0.626. The Labute approximate surface area is 102 Å². The third kappa shape index (κ3) is 9.81. The van der Waals surface area contributed by atoms with E-state index in [0.717, 1.165) is 0 Å². The second-order valence-electron chi connectivity index (χ2n) is 2.46. The highest BCUT2D eigenvalue weighted by Gasteiger charge is 2.28. The molecule has 1 N–H and O–H groups in total. The van der Waals surface area contributed by atoms with Crippen molar-refractivity contribution < 1.29 is 18.7 Å². The second-order valence-corrected chi connectivity index (χ2v) is 7.60. The lowest BCUT2D eigenvalue weighted by atomic mass is 10.5. The molecule has 0 amide bonds. The fourth-order valence-corrected chi connectivity index (χ4v) is 1.91. The van der Waals surface area contributed by atoms with Crippen LogP contribution in [0.2, 0.25) is 0 Å². The van der Waals surface area contributed by atoms with E-state index in [-0.39, 0.29) is 6.61 Å². The topological polar surface area (TPSA) is 55.8 Å². The zero-order valence-corrected chi connectivity index (χ0v) is 11.0. The van der Waals surface area contributed by atoms with Gasteiger partial charge in [0.1, 0.15) is 6.61 Å². The smallest absolute Gasteiger partial charge is 0.391 e. The van der Waals surface area contributed by atoms with Crippen LogP contribution in [-0.4, -0.2) is 28.2 Å². The van der Waals surface area contributed by atoms with Crippen molar-refractivity contribution in [1.82, 2.24) is 0 Å². The molecule has 0 spiro atoms. The Morgan fingerprint density at radius 3 is 2.29 bits per heavy atom. The van der Waals surface area contributed by atoms with Crippen molar-refractivity contribution in [3.05, 3.63) is 0 Å². The molecule has 0 bridgehead atoms. The van der Waals surface area contributed by atoms with Gasteiger partial charge in [-0.3, -0.25) is 9.05 Å². The summed E-state index contributed by atoms with van der Waals surface area (Å²) >= 11 is 21.3. The summed E-state index contributed by atoms with van der Waals surface area (Å²) in [5.74, 6) is 0. The van der Waals surface area contributed by atoms with Crippen LogP contribution in [-0.2, 0) is 13.6 Å². The minimum atomic E-state index is -3.78. The number of aliphatic hydroxyl groups is 1. The summed E-state index contributed by atoms with van der Waals surface area (Å²) in [6.07, 6.45) is -0.807. The minimum absolute atomic E-state index is 0.222. The summed E-state index contributed by atoms with van der Waals surface area (Å²) in [6, 6.07) is 0. The molecule has 0 fully saturated rings. The lowest BCUT2D eigenvalue weighted by molar-refractivity contribution is 0.110. The molecule has 2 atom stereocenters. The molecule has 4 nitrogen and oxygen atoms in total. The number of aliphatic hydroxyl groups excluding tert-OH is 1. The largest absolute Gasteiger partial charge is 0.424 e. The number of halogens is 4. The fraction of sp³-hybridized carbons (Fsp3) is 1.00. The van der Waals surface area contributed by atoms with Crippen molar-refractivity contribution in [3.8, 4) is 0 Å². The Hall–Kier alpha value is 1.27. The van der Waals surface area contributed by atoms with E-state index < -0.39 is 23.5 Å². The van der Waals surface area contributed by atoms with Crippen molar-refractivity contribution in [2.45, 2.75) is 16.8 Å². The molecule has 0 aromatic rings. The first-order chi connectivity index (χ1) is 6.12. The molecule has 2 unspecified atom stereocenters. The average molecular weight is 306 g/mol. The Morgan fingerprint density at radius 1 is 1.43 bits per heavy atom. The maximum atomic E-state index is 11.2. The van der Waals surface area contributed by atoms with Gasteiger partial charge in [-0.15, -0.1) is 0 Å². The van der Waals surface area contributed by atoms with Gasteiger partial charge in [-0.1, -0.05) is 34.8 Å². The van der Waals surface area contributed by atoms with E-state index in [1.807, 2.05) is 0 Å². The van der Waals surface area contributed by atoms with E-state index in [1.165, 1.54) is 6.92 Å². The van der Waals surface area contributed by atoms with Gasteiger partial charge in [0.15, 0.2) is 0 Å². The van der Waals surface area contributed by atoms with E-state index in [2.05, 4.69) is 9.05 Å². The first-order valence-electron chi connectivity index (χ1n) is 3.46. The van der Waals surface area contributed by atoms with Crippen LogP contribution in [0.3, 0.4) is 0 Å². The predicted octanol–water partition coefficient (Wildman–Crippen LogP) is 3.12. The molecule has 0 aromatic carbocycles. The Kier molecular flexibility index (Phi) is 6.67. The molecular weight excluding hydrogens is 297 g/mol. The molecule has 0 aliphatic carbocycles. The van der Waals surface area contributed by atoms with Crippen molar-refractivity contribution in [2.75, 3.05) is 13.2 Å².